The number of aromatic nitrogens is 3. The fraction of sp³-hybridized carbons (Fsp3) is 0.167. The van der Waals surface area contributed by atoms with Crippen LogP contribution in [0.25, 0.3) is 0 Å². The number of amides is 1. The Morgan fingerprint density at radius 3 is 2.81 bits per heavy atom. The van der Waals surface area contributed by atoms with Gasteiger partial charge in [-0.15, -0.1) is 0 Å². The molecule has 0 fully saturated rings. The number of nitro groups is 1. The van der Waals surface area contributed by atoms with Crippen LogP contribution in [0.2, 0.25) is 0 Å². The minimum absolute atomic E-state index is 0.202. The number of hydrogen-bond acceptors (Lipinski definition) is 6. The van der Waals surface area contributed by atoms with E-state index >= 15 is 0 Å². The number of rotatable bonds is 5. The molecule has 9 heteroatoms. The van der Waals surface area contributed by atoms with Crippen molar-refractivity contribution in [1.82, 2.24) is 20.2 Å². The van der Waals surface area contributed by atoms with Gasteiger partial charge in [-0.3, -0.25) is 4.79 Å². The van der Waals surface area contributed by atoms with Crippen LogP contribution in [0.1, 0.15) is 11.1 Å². The van der Waals surface area contributed by atoms with Gasteiger partial charge in [0.2, 0.25) is 6.33 Å². The maximum absolute atomic E-state index is 11.6. The highest BCUT2D eigenvalue weighted by Crippen LogP contribution is 2.00. The van der Waals surface area contributed by atoms with Crippen molar-refractivity contribution in [2.45, 2.75) is 13.5 Å². The summed E-state index contributed by atoms with van der Waals surface area (Å²) in [6, 6.07) is 7.59. The van der Waals surface area contributed by atoms with Crippen molar-refractivity contribution < 1.29 is 9.72 Å². The van der Waals surface area contributed by atoms with Crippen LogP contribution >= 0.6 is 0 Å². The lowest BCUT2D eigenvalue weighted by Gasteiger charge is -1.97. The molecular weight excluding hydrogens is 276 g/mol. The van der Waals surface area contributed by atoms with Gasteiger partial charge in [0.25, 0.3) is 5.91 Å². The molecule has 0 bridgehead atoms. The zero-order chi connectivity index (χ0) is 15.2. The number of hydrazone groups is 1. The molecule has 1 heterocycles. The molecule has 0 aliphatic rings. The Labute approximate surface area is 119 Å². The van der Waals surface area contributed by atoms with Crippen molar-refractivity contribution >= 4 is 18.1 Å². The second-order valence-electron chi connectivity index (χ2n) is 4.20. The van der Waals surface area contributed by atoms with Crippen molar-refractivity contribution in [2.24, 2.45) is 5.10 Å². The summed E-state index contributed by atoms with van der Waals surface area (Å²) >= 11 is 0. The van der Waals surface area contributed by atoms with Crippen LogP contribution in [0.4, 0.5) is 5.95 Å². The lowest BCUT2D eigenvalue weighted by Crippen LogP contribution is -2.23. The minimum atomic E-state index is -0.732. The molecule has 0 saturated heterocycles. The first kappa shape index (κ1) is 14.3. The fourth-order valence-corrected chi connectivity index (χ4v) is 1.46. The van der Waals surface area contributed by atoms with Gasteiger partial charge in [-0.25, -0.2) is 5.43 Å². The summed E-state index contributed by atoms with van der Waals surface area (Å²) in [6.45, 7) is 1.77. The Morgan fingerprint density at radius 1 is 1.48 bits per heavy atom. The third-order valence-electron chi connectivity index (χ3n) is 2.47. The van der Waals surface area contributed by atoms with E-state index in [2.05, 4.69) is 20.6 Å². The monoisotopic (exact) mass is 288 g/mol. The van der Waals surface area contributed by atoms with Gasteiger partial charge in [0.15, 0.2) is 0 Å². The van der Waals surface area contributed by atoms with E-state index in [1.54, 1.807) is 0 Å². The largest absolute Gasteiger partial charge is 0.490 e. The first-order valence-electron chi connectivity index (χ1n) is 5.97. The predicted octanol–water partition coefficient (Wildman–Crippen LogP) is 0.645. The van der Waals surface area contributed by atoms with Crippen molar-refractivity contribution in [3.63, 3.8) is 0 Å². The molecule has 0 atom stereocenters. The number of aryl methyl sites for hydroxylation is 1. The number of nitrogens with zero attached hydrogens (tertiary/aromatic N) is 5. The molecular formula is C12H12N6O3. The second-order valence-corrected chi connectivity index (χ2v) is 4.20. The number of carbonyl (C=O) groups is 1. The van der Waals surface area contributed by atoms with Crippen LogP contribution < -0.4 is 5.43 Å². The van der Waals surface area contributed by atoms with E-state index in [1.807, 2.05) is 31.2 Å². The maximum atomic E-state index is 11.6. The van der Waals surface area contributed by atoms with Crippen LogP contribution in [0.5, 0.6) is 0 Å². The summed E-state index contributed by atoms with van der Waals surface area (Å²) in [6.07, 6.45) is 2.61. The van der Waals surface area contributed by atoms with E-state index in [4.69, 9.17) is 0 Å². The van der Waals surface area contributed by atoms with E-state index < -0.39 is 16.8 Å². The molecule has 0 aliphatic heterocycles. The molecule has 0 radical (unpaired) electrons. The van der Waals surface area contributed by atoms with E-state index in [1.165, 1.54) is 6.21 Å². The van der Waals surface area contributed by atoms with E-state index in [0.717, 1.165) is 22.1 Å². The van der Waals surface area contributed by atoms with Crippen LogP contribution in [-0.4, -0.2) is 31.8 Å². The quantitative estimate of drug-likeness (QED) is 0.492. The van der Waals surface area contributed by atoms with Gasteiger partial charge in [0.05, 0.1) is 6.21 Å². The lowest BCUT2D eigenvalue weighted by molar-refractivity contribution is -0.394. The molecule has 9 nitrogen and oxygen atoms in total. The van der Waals surface area contributed by atoms with Gasteiger partial charge in [0, 0.05) is 5.10 Å². The molecule has 1 aromatic carbocycles. The van der Waals surface area contributed by atoms with Crippen LogP contribution in [0.3, 0.4) is 0 Å². The Bertz CT molecular complexity index is 677. The predicted molar refractivity (Wildman–Crippen MR) is 73.6 cm³/mol. The van der Waals surface area contributed by atoms with E-state index in [-0.39, 0.29) is 6.54 Å². The van der Waals surface area contributed by atoms with Crippen molar-refractivity contribution in [1.29, 1.82) is 0 Å². The Morgan fingerprint density at radius 2 is 2.19 bits per heavy atom. The summed E-state index contributed by atoms with van der Waals surface area (Å²) in [5.74, 6) is -1.01. The van der Waals surface area contributed by atoms with Gasteiger partial charge >= 0.3 is 5.95 Å². The third-order valence-corrected chi connectivity index (χ3v) is 2.47. The van der Waals surface area contributed by atoms with Gasteiger partial charge in [-0.2, -0.15) is 9.78 Å². The minimum Gasteiger partial charge on any atom is -0.390 e. The molecule has 2 rings (SSSR count). The van der Waals surface area contributed by atoms with Crippen molar-refractivity contribution in [2.75, 3.05) is 0 Å². The zero-order valence-corrected chi connectivity index (χ0v) is 11.1. The average molecular weight is 288 g/mol. The van der Waals surface area contributed by atoms with Crippen molar-refractivity contribution in [3.05, 3.63) is 51.8 Å². The summed E-state index contributed by atoms with van der Waals surface area (Å²) < 4.78 is 1.06. The first-order valence-corrected chi connectivity index (χ1v) is 5.97. The van der Waals surface area contributed by atoms with Gasteiger partial charge < -0.3 is 10.1 Å². The van der Waals surface area contributed by atoms with Crippen LogP contribution in [0, 0.1) is 17.0 Å². The standard InChI is InChI=1S/C12H12N6O3/c1-9-2-4-10(5-3-9)6-14-15-11(19)7-17-8-13-12(16-17)18(20)21/h2-6,8H,7H2,1H3,(H,15,19). The maximum Gasteiger partial charge on any atom is 0.490 e. The molecule has 1 aromatic heterocycles. The summed E-state index contributed by atoms with van der Waals surface area (Å²) in [5, 5.41) is 17.7. The molecule has 21 heavy (non-hydrogen) atoms. The molecule has 2 aromatic rings. The number of carbonyl (C=O) groups excluding carboxylic acids is 1. The Kier molecular flexibility index (Phi) is 4.34. The summed E-state index contributed by atoms with van der Waals surface area (Å²) in [5.41, 5.74) is 4.28. The number of nitrogens with one attached hydrogen (secondary N) is 1. The topological polar surface area (TPSA) is 115 Å². The number of benzene rings is 1. The zero-order valence-electron chi connectivity index (χ0n) is 11.1. The Hall–Kier alpha value is -3.10. The summed E-state index contributed by atoms with van der Waals surface area (Å²) in [4.78, 5) is 24.7. The fourth-order valence-electron chi connectivity index (χ4n) is 1.46. The molecule has 108 valence electrons. The molecule has 0 saturated carbocycles. The highest BCUT2D eigenvalue weighted by Gasteiger charge is 2.14. The van der Waals surface area contributed by atoms with E-state index in [9.17, 15) is 14.9 Å². The molecule has 1 N–H and O–H groups in total. The first-order chi connectivity index (χ1) is 10.0. The van der Waals surface area contributed by atoms with Crippen LogP contribution in [0.15, 0.2) is 35.7 Å². The third kappa shape index (κ3) is 4.20. The van der Waals surface area contributed by atoms with E-state index in [0.29, 0.717) is 0 Å². The Balaban J connectivity index is 1.86. The highest BCUT2D eigenvalue weighted by molar-refractivity contribution is 5.82. The number of hydrogen-bond donors (Lipinski definition) is 1. The summed E-state index contributed by atoms with van der Waals surface area (Å²) in [7, 11) is 0. The molecule has 0 unspecified atom stereocenters. The normalized spacial score (nSPS) is 10.7. The highest BCUT2D eigenvalue weighted by atomic mass is 16.6. The van der Waals surface area contributed by atoms with Gasteiger partial charge in [-0.05, 0) is 17.4 Å². The smallest absolute Gasteiger partial charge is 0.390 e. The van der Waals surface area contributed by atoms with Crippen molar-refractivity contribution in [3.8, 4) is 0 Å². The van der Waals surface area contributed by atoms with Crippen LogP contribution in [-0.2, 0) is 11.3 Å². The van der Waals surface area contributed by atoms with Gasteiger partial charge in [0.1, 0.15) is 6.54 Å². The second kappa shape index (κ2) is 6.37. The lowest BCUT2D eigenvalue weighted by atomic mass is 10.2. The SMILES string of the molecule is Cc1ccc(C=NNC(=O)Cn2cnc([N+](=O)[O-])n2)cc1. The van der Waals surface area contributed by atoms with Gasteiger partial charge in [-0.1, -0.05) is 34.8 Å². The molecule has 0 aliphatic carbocycles. The molecule has 1 amide bonds. The average Bonchev–Trinajstić information content (AvgIpc) is 2.90. The molecule has 0 spiro atoms.